The fraction of sp³-hybridized carbons (Fsp3) is 0.250. The molecule has 0 atom stereocenters. The lowest BCUT2D eigenvalue weighted by Crippen LogP contribution is -2.41. The van der Waals surface area contributed by atoms with Gasteiger partial charge in [-0.2, -0.15) is 0 Å². The minimum absolute atomic E-state index is 0.361. The molecule has 0 aromatic heterocycles. The van der Waals surface area contributed by atoms with E-state index >= 15 is 0 Å². The molecule has 260 valence electrons. The summed E-state index contributed by atoms with van der Waals surface area (Å²) in [7, 11) is -3.58. The predicted octanol–water partition coefficient (Wildman–Crippen LogP) is 7.35. The van der Waals surface area contributed by atoms with Crippen molar-refractivity contribution < 1.29 is 38.1 Å². The van der Waals surface area contributed by atoms with E-state index in [2.05, 4.69) is 39.3 Å². The number of hydrogen-bond acceptors (Lipinski definition) is 8. The van der Waals surface area contributed by atoms with Gasteiger partial charge in [-0.25, -0.2) is 19.2 Å². The van der Waals surface area contributed by atoms with Gasteiger partial charge in [0, 0.05) is 12.2 Å². The first-order chi connectivity index (χ1) is 23.8. The molecular weight excluding hydrogens is 665 g/mol. The highest BCUT2D eigenvalue weighted by Gasteiger charge is 2.25. The van der Waals surface area contributed by atoms with E-state index in [1.165, 1.54) is 10.4 Å². The fourth-order valence-electron chi connectivity index (χ4n) is 5.56. The maximum Gasteiger partial charge on any atom is 0.343 e. The summed E-state index contributed by atoms with van der Waals surface area (Å²) in [4.78, 5) is 48.4. The normalized spacial score (nSPS) is 11.4. The molecule has 0 heterocycles. The maximum absolute atomic E-state index is 13.0. The average Bonchev–Trinajstić information content (AvgIpc) is 3.11. The number of benzene rings is 4. The van der Waals surface area contributed by atoms with E-state index in [0.717, 1.165) is 47.9 Å². The van der Waals surface area contributed by atoms with Crippen LogP contribution in [-0.4, -0.2) is 53.2 Å². The Labute approximate surface area is 295 Å². The molecule has 8 nitrogen and oxygen atoms in total. The molecule has 0 amide bonds. The van der Waals surface area contributed by atoms with E-state index in [4.69, 9.17) is 18.9 Å². The Morgan fingerprint density at radius 1 is 0.560 bits per heavy atom. The Morgan fingerprint density at radius 2 is 0.920 bits per heavy atom. The van der Waals surface area contributed by atoms with Crippen LogP contribution in [0.1, 0.15) is 33.6 Å². The van der Waals surface area contributed by atoms with Gasteiger partial charge in [-0.05, 0) is 72.1 Å². The Balaban J connectivity index is 1.32. The van der Waals surface area contributed by atoms with Crippen molar-refractivity contribution in [2.75, 3.05) is 13.2 Å². The summed E-state index contributed by atoms with van der Waals surface area (Å²) in [5.41, 5.74) is 0.901. The van der Waals surface area contributed by atoms with Gasteiger partial charge in [0.2, 0.25) is 0 Å². The molecule has 0 spiro atoms. The zero-order valence-electron chi connectivity index (χ0n) is 29.2. The quantitative estimate of drug-likeness (QED) is 0.0392. The van der Waals surface area contributed by atoms with Crippen molar-refractivity contribution in [3.63, 3.8) is 0 Å². The van der Waals surface area contributed by atoms with Crippen molar-refractivity contribution in [3.05, 3.63) is 121 Å². The standard InChI is InChI=1S/C40H44O8Si2/c1-7-37(41)45-23-9-25-49(3,4)35-19-13-29(14-20-35)39(43)47-33-17-11-32-28-34(18-12-31(32)27-33)48-40(44)30-15-21-36(22-16-30)50(5,6)26-10-24-46-38(42)8-2/h7-8,11-22,27-28H,1-2,9-10,23-26H2,3-6H3. The molecule has 0 aliphatic rings. The van der Waals surface area contributed by atoms with Crippen molar-refractivity contribution in [1.29, 1.82) is 0 Å². The van der Waals surface area contributed by atoms with Crippen LogP contribution in [0.5, 0.6) is 11.5 Å². The van der Waals surface area contributed by atoms with Crippen molar-refractivity contribution in [3.8, 4) is 11.5 Å². The fourth-order valence-corrected chi connectivity index (χ4v) is 10.3. The summed E-state index contributed by atoms with van der Waals surface area (Å²) >= 11 is 0. The molecule has 0 unspecified atom stereocenters. The summed E-state index contributed by atoms with van der Waals surface area (Å²) in [5, 5.41) is 4.05. The largest absolute Gasteiger partial charge is 0.463 e. The minimum atomic E-state index is -1.79. The molecular formula is C40H44O8Si2. The van der Waals surface area contributed by atoms with Gasteiger partial charge in [-0.15, -0.1) is 0 Å². The predicted molar refractivity (Wildman–Crippen MR) is 202 cm³/mol. The highest BCUT2D eigenvalue weighted by atomic mass is 28.3. The first kappa shape index (κ1) is 37.7. The molecule has 0 bridgehead atoms. The number of hydrogen-bond donors (Lipinski definition) is 0. The van der Waals surface area contributed by atoms with Crippen molar-refractivity contribution in [2.24, 2.45) is 0 Å². The minimum Gasteiger partial charge on any atom is -0.463 e. The highest BCUT2D eigenvalue weighted by molar-refractivity contribution is 6.90. The SMILES string of the molecule is C=CC(=O)OCCC[Si](C)(C)c1ccc(C(=O)Oc2ccc3cc(OC(=O)c4ccc([Si](C)(C)CCCOC(=O)C=C)cc4)ccc3c2)cc1. The van der Waals surface area contributed by atoms with Crippen molar-refractivity contribution in [1.82, 2.24) is 0 Å². The summed E-state index contributed by atoms with van der Waals surface area (Å²) in [5.74, 6) is -0.921. The number of ether oxygens (including phenoxy) is 4. The van der Waals surface area contributed by atoms with Gasteiger partial charge in [0.05, 0.1) is 40.5 Å². The van der Waals surface area contributed by atoms with Crippen LogP contribution in [0.4, 0.5) is 0 Å². The van der Waals surface area contributed by atoms with E-state index in [9.17, 15) is 19.2 Å². The molecule has 0 radical (unpaired) electrons. The Bertz CT molecular complexity index is 1720. The van der Waals surface area contributed by atoms with Gasteiger partial charge in [0.15, 0.2) is 0 Å². The maximum atomic E-state index is 13.0. The van der Waals surface area contributed by atoms with Crippen LogP contribution >= 0.6 is 0 Å². The average molecular weight is 709 g/mol. The van der Waals surface area contributed by atoms with Gasteiger partial charge >= 0.3 is 23.9 Å². The molecule has 0 saturated carbocycles. The zero-order valence-corrected chi connectivity index (χ0v) is 31.2. The van der Waals surface area contributed by atoms with Crippen molar-refractivity contribution in [2.45, 2.75) is 51.1 Å². The van der Waals surface area contributed by atoms with Gasteiger partial charge in [0.25, 0.3) is 0 Å². The molecule has 10 heteroatoms. The lowest BCUT2D eigenvalue weighted by atomic mass is 10.1. The number of rotatable bonds is 16. The molecule has 0 aliphatic heterocycles. The molecule has 0 N–H and O–H groups in total. The van der Waals surface area contributed by atoms with Gasteiger partial charge in [-0.3, -0.25) is 0 Å². The van der Waals surface area contributed by atoms with Crippen LogP contribution in [0, 0.1) is 0 Å². The lowest BCUT2D eigenvalue weighted by Gasteiger charge is -2.23. The number of carbonyl (C=O) groups excluding carboxylic acids is 4. The van der Waals surface area contributed by atoms with Gasteiger partial charge < -0.3 is 18.9 Å². The molecule has 0 fully saturated rings. The van der Waals surface area contributed by atoms with E-state index in [0.29, 0.717) is 35.8 Å². The van der Waals surface area contributed by atoms with Gasteiger partial charge in [0.1, 0.15) is 11.5 Å². The monoisotopic (exact) mass is 708 g/mol. The molecule has 0 saturated heterocycles. The third kappa shape index (κ3) is 10.5. The summed E-state index contributed by atoms with van der Waals surface area (Å²) in [6.07, 6.45) is 3.86. The topological polar surface area (TPSA) is 105 Å². The number of carbonyl (C=O) groups is 4. The molecule has 50 heavy (non-hydrogen) atoms. The Kier molecular flexibility index (Phi) is 12.9. The van der Waals surface area contributed by atoms with Crippen LogP contribution in [0.2, 0.25) is 38.3 Å². The third-order valence-electron chi connectivity index (χ3n) is 8.72. The van der Waals surface area contributed by atoms with Crippen LogP contribution in [0.25, 0.3) is 10.8 Å². The van der Waals surface area contributed by atoms with Crippen LogP contribution in [0.3, 0.4) is 0 Å². The second-order valence-corrected chi connectivity index (χ2v) is 23.0. The lowest BCUT2D eigenvalue weighted by molar-refractivity contribution is -0.138. The second-order valence-electron chi connectivity index (χ2n) is 13.3. The summed E-state index contributed by atoms with van der Waals surface area (Å²) < 4.78 is 21.6. The summed E-state index contributed by atoms with van der Waals surface area (Å²) in [6, 6.07) is 27.5. The first-order valence-corrected chi connectivity index (χ1v) is 23.0. The van der Waals surface area contributed by atoms with E-state index < -0.39 is 40.0 Å². The molecule has 4 aromatic carbocycles. The highest BCUT2D eigenvalue weighted by Crippen LogP contribution is 2.26. The van der Waals surface area contributed by atoms with E-state index in [1.54, 1.807) is 48.5 Å². The molecule has 4 rings (SSSR count). The molecule has 0 aliphatic carbocycles. The van der Waals surface area contributed by atoms with Crippen LogP contribution < -0.4 is 19.8 Å². The Hall–Kier alpha value is -5.07. The smallest absolute Gasteiger partial charge is 0.343 e. The third-order valence-corrected chi connectivity index (χ3v) is 15.7. The number of esters is 4. The number of fused-ring (bicyclic) bond motifs is 1. The van der Waals surface area contributed by atoms with Crippen molar-refractivity contribution >= 4 is 61.2 Å². The van der Waals surface area contributed by atoms with Gasteiger partial charge in [-0.1, -0.05) is 98.2 Å². The van der Waals surface area contributed by atoms with E-state index in [-0.39, 0.29) is 0 Å². The van der Waals surface area contributed by atoms with Crippen LogP contribution in [0.15, 0.2) is 110 Å². The Morgan fingerprint density at radius 3 is 1.26 bits per heavy atom. The second kappa shape index (κ2) is 17.0. The molecule has 4 aromatic rings. The zero-order chi connectivity index (χ0) is 36.3. The summed E-state index contributed by atoms with van der Waals surface area (Å²) in [6.45, 7) is 16.5. The first-order valence-electron chi connectivity index (χ1n) is 16.6. The van der Waals surface area contributed by atoms with E-state index in [1.807, 2.05) is 36.4 Å². The van der Waals surface area contributed by atoms with Crippen LogP contribution in [-0.2, 0) is 19.1 Å².